The number of hydrogen-bond donors (Lipinski definition) is 0. The van der Waals surface area contributed by atoms with Crippen molar-refractivity contribution in [3.8, 4) is 0 Å². The minimum Gasteiger partial charge on any atom is -0.381 e. The molecule has 2 saturated heterocycles. The molecule has 1 saturated carbocycles. The fourth-order valence-electron chi connectivity index (χ4n) is 4.04. The minimum atomic E-state index is 0.189. The molecule has 3 atom stereocenters. The van der Waals surface area contributed by atoms with Crippen molar-refractivity contribution in [1.29, 1.82) is 0 Å². The molecule has 3 aliphatic rings. The van der Waals surface area contributed by atoms with E-state index >= 15 is 0 Å². The number of carbonyl (C=O) groups is 1. The van der Waals surface area contributed by atoms with Crippen LogP contribution in [-0.4, -0.2) is 43.0 Å². The molecule has 0 aromatic carbocycles. The molecule has 2 heterocycles. The smallest absolute Gasteiger partial charge is 0.152 e. The second-order valence-corrected chi connectivity index (χ2v) is 6.25. The Hall–Kier alpha value is -0.410. The van der Waals surface area contributed by atoms with E-state index in [1.165, 1.54) is 38.5 Å². The van der Waals surface area contributed by atoms with Crippen LogP contribution in [0.25, 0.3) is 0 Å². The summed E-state index contributed by atoms with van der Waals surface area (Å²) in [5.41, 5.74) is 0. The molecular formula is C15H25NO2. The third-order valence-corrected chi connectivity index (χ3v) is 5.10. The number of likely N-dealkylation sites (tertiary alicyclic amines) is 1. The van der Waals surface area contributed by atoms with Gasteiger partial charge in [0.25, 0.3) is 0 Å². The maximum Gasteiger partial charge on any atom is 0.152 e. The zero-order valence-electron chi connectivity index (χ0n) is 11.3. The lowest BCUT2D eigenvalue weighted by Crippen LogP contribution is -2.49. The van der Waals surface area contributed by atoms with Crippen LogP contribution < -0.4 is 0 Å². The van der Waals surface area contributed by atoms with Crippen molar-refractivity contribution in [2.45, 2.75) is 51.0 Å². The van der Waals surface area contributed by atoms with Crippen molar-refractivity contribution in [1.82, 2.24) is 4.90 Å². The average Bonchev–Trinajstić information content (AvgIpc) is 2.93. The maximum absolute atomic E-state index is 12.3. The highest BCUT2D eigenvalue weighted by molar-refractivity contribution is 5.83. The van der Waals surface area contributed by atoms with Gasteiger partial charge in [-0.2, -0.15) is 0 Å². The van der Waals surface area contributed by atoms with E-state index in [-0.39, 0.29) is 5.92 Å². The Bertz CT molecular complexity index is 297. The summed E-state index contributed by atoms with van der Waals surface area (Å²) in [5.74, 6) is 1.49. The minimum absolute atomic E-state index is 0.189. The molecule has 0 bridgehead atoms. The first-order valence-corrected chi connectivity index (χ1v) is 7.69. The summed E-state index contributed by atoms with van der Waals surface area (Å²) in [6.45, 7) is 3.28. The molecule has 3 fully saturated rings. The molecule has 3 nitrogen and oxygen atoms in total. The number of hydrogen-bond acceptors (Lipinski definition) is 3. The van der Waals surface area contributed by atoms with Gasteiger partial charge in [-0.1, -0.05) is 12.8 Å². The van der Waals surface area contributed by atoms with Crippen molar-refractivity contribution >= 4 is 5.78 Å². The molecule has 0 aromatic heterocycles. The molecular weight excluding hydrogens is 226 g/mol. The molecule has 18 heavy (non-hydrogen) atoms. The SMILES string of the molecule is O=C(CN1CCC[C@H]2CCCC[C@H]21)C1CCOC1. The number of ether oxygens (including phenoxy) is 1. The number of ketones is 1. The van der Waals surface area contributed by atoms with Crippen LogP contribution in [0.4, 0.5) is 0 Å². The van der Waals surface area contributed by atoms with Gasteiger partial charge in [0.05, 0.1) is 13.2 Å². The Balaban J connectivity index is 1.58. The highest BCUT2D eigenvalue weighted by Crippen LogP contribution is 2.35. The van der Waals surface area contributed by atoms with E-state index in [0.29, 0.717) is 25.0 Å². The van der Waals surface area contributed by atoms with Gasteiger partial charge >= 0.3 is 0 Å². The van der Waals surface area contributed by atoms with Crippen LogP contribution in [0, 0.1) is 11.8 Å². The van der Waals surface area contributed by atoms with Gasteiger partial charge in [-0.25, -0.2) is 0 Å². The quantitative estimate of drug-likeness (QED) is 0.770. The monoisotopic (exact) mass is 251 g/mol. The average molecular weight is 251 g/mol. The Morgan fingerprint density at radius 3 is 2.78 bits per heavy atom. The van der Waals surface area contributed by atoms with Gasteiger partial charge < -0.3 is 4.74 Å². The van der Waals surface area contributed by atoms with E-state index < -0.39 is 0 Å². The second-order valence-electron chi connectivity index (χ2n) is 6.25. The summed E-state index contributed by atoms with van der Waals surface area (Å²) in [7, 11) is 0. The lowest BCUT2D eigenvalue weighted by molar-refractivity contribution is -0.125. The van der Waals surface area contributed by atoms with Crippen LogP contribution in [0.1, 0.15) is 44.9 Å². The Morgan fingerprint density at radius 1 is 1.11 bits per heavy atom. The molecule has 0 spiro atoms. The molecule has 1 aliphatic carbocycles. The van der Waals surface area contributed by atoms with Gasteiger partial charge in [-0.05, 0) is 44.6 Å². The van der Waals surface area contributed by atoms with Crippen LogP contribution in [0.15, 0.2) is 0 Å². The van der Waals surface area contributed by atoms with Crippen molar-refractivity contribution in [3.05, 3.63) is 0 Å². The predicted molar refractivity (Wildman–Crippen MR) is 70.5 cm³/mol. The molecule has 0 radical (unpaired) electrons. The number of nitrogens with zero attached hydrogens (tertiary/aromatic N) is 1. The molecule has 0 amide bonds. The topological polar surface area (TPSA) is 29.5 Å². The summed E-state index contributed by atoms with van der Waals surface area (Å²) in [5, 5.41) is 0. The molecule has 3 rings (SSSR count). The van der Waals surface area contributed by atoms with Crippen molar-refractivity contribution < 1.29 is 9.53 Å². The third kappa shape index (κ3) is 2.62. The molecule has 0 N–H and O–H groups in total. The van der Waals surface area contributed by atoms with Crippen LogP contribution in [0.5, 0.6) is 0 Å². The van der Waals surface area contributed by atoms with Crippen LogP contribution >= 0.6 is 0 Å². The predicted octanol–water partition coefficient (Wildman–Crippen LogP) is 2.25. The van der Waals surface area contributed by atoms with Crippen LogP contribution in [0.2, 0.25) is 0 Å². The van der Waals surface area contributed by atoms with E-state index in [0.717, 1.165) is 25.5 Å². The summed E-state index contributed by atoms with van der Waals surface area (Å²) in [6.07, 6.45) is 9.09. The fourth-order valence-corrected chi connectivity index (χ4v) is 4.04. The van der Waals surface area contributed by atoms with Crippen molar-refractivity contribution in [2.24, 2.45) is 11.8 Å². The summed E-state index contributed by atoms with van der Waals surface area (Å²) >= 11 is 0. The van der Waals surface area contributed by atoms with Gasteiger partial charge in [-0.15, -0.1) is 0 Å². The standard InChI is InChI=1S/C15H25NO2/c17-15(13-7-9-18-11-13)10-16-8-3-5-12-4-1-2-6-14(12)16/h12-14H,1-11H2/t12-,13?,14-/m1/s1. The first-order chi connectivity index (χ1) is 8.84. The van der Waals surface area contributed by atoms with E-state index in [1.54, 1.807) is 0 Å². The maximum atomic E-state index is 12.3. The first kappa shape index (κ1) is 12.6. The number of carbonyl (C=O) groups excluding carboxylic acids is 1. The van der Waals surface area contributed by atoms with Gasteiger partial charge in [-0.3, -0.25) is 9.69 Å². The van der Waals surface area contributed by atoms with E-state index in [9.17, 15) is 4.79 Å². The van der Waals surface area contributed by atoms with Crippen molar-refractivity contribution in [2.75, 3.05) is 26.3 Å². The Labute approximate surface area is 110 Å². The molecule has 3 heteroatoms. The van der Waals surface area contributed by atoms with E-state index in [2.05, 4.69) is 4.90 Å². The highest BCUT2D eigenvalue weighted by Gasteiger charge is 2.35. The summed E-state index contributed by atoms with van der Waals surface area (Å²) < 4.78 is 5.33. The van der Waals surface area contributed by atoms with Gasteiger partial charge in [0, 0.05) is 18.6 Å². The number of Topliss-reactive ketones (excluding diaryl/α,β-unsaturated/α-hetero) is 1. The van der Waals surface area contributed by atoms with Gasteiger partial charge in [0.1, 0.15) is 0 Å². The Morgan fingerprint density at radius 2 is 1.94 bits per heavy atom. The molecule has 0 aromatic rings. The summed E-state index contributed by atoms with van der Waals surface area (Å²) in [4.78, 5) is 14.8. The summed E-state index contributed by atoms with van der Waals surface area (Å²) in [6, 6.07) is 0.707. The fraction of sp³-hybridized carbons (Fsp3) is 0.933. The zero-order valence-corrected chi connectivity index (χ0v) is 11.3. The normalized spacial score (nSPS) is 37.4. The highest BCUT2D eigenvalue weighted by atomic mass is 16.5. The zero-order chi connectivity index (χ0) is 12.4. The van der Waals surface area contributed by atoms with Gasteiger partial charge in [0.2, 0.25) is 0 Å². The number of rotatable bonds is 3. The number of fused-ring (bicyclic) bond motifs is 1. The van der Waals surface area contributed by atoms with E-state index in [1.807, 2.05) is 0 Å². The van der Waals surface area contributed by atoms with Gasteiger partial charge in [0.15, 0.2) is 5.78 Å². The molecule has 1 unspecified atom stereocenters. The lowest BCUT2D eigenvalue weighted by atomic mass is 9.78. The first-order valence-electron chi connectivity index (χ1n) is 7.69. The number of piperidine rings is 1. The lowest BCUT2D eigenvalue weighted by Gasteiger charge is -2.44. The van der Waals surface area contributed by atoms with E-state index in [4.69, 9.17) is 4.74 Å². The second kappa shape index (κ2) is 5.70. The molecule has 2 aliphatic heterocycles. The molecule has 102 valence electrons. The third-order valence-electron chi connectivity index (χ3n) is 5.10. The van der Waals surface area contributed by atoms with Crippen LogP contribution in [0.3, 0.4) is 0 Å². The Kier molecular flexibility index (Phi) is 4.00. The largest absolute Gasteiger partial charge is 0.381 e. The van der Waals surface area contributed by atoms with Crippen molar-refractivity contribution in [3.63, 3.8) is 0 Å². The van der Waals surface area contributed by atoms with Crippen LogP contribution in [-0.2, 0) is 9.53 Å².